The first-order valence-corrected chi connectivity index (χ1v) is 12.7. The van der Waals surface area contributed by atoms with E-state index < -0.39 is 0 Å². The molecule has 4 rings (SSSR count). The van der Waals surface area contributed by atoms with Crippen LogP contribution in [0.5, 0.6) is 0 Å². The summed E-state index contributed by atoms with van der Waals surface area (Å²) in [5.41, 5.74) is 0. The van der Waals surface area contributed by atoms with Gasteiger partial charge < -0.3 is 0 Å². The Bertz CT molecular complexity index is 798. The van der Waals surface area contributed by atoms with Crippen LogP contribution >= 0.6 is 32.8 Å². The van der Waals surface area contributed by atoms with Gasteiger partial charge in [-0.05, 0) is 49.4 Å². The second kappa shape index (κ2) is 11.4. The molecule has 0 aliphatic carbocycles. The summed E-state index contributed by atoms with van der Waals surface area (Å²) >= 11 is 0. The first-order valence-electron chi connectivity index (χ1n) is 9.67. The van der Waals surface area contributed by atoms with Gasteiger partial charge in [0, 0.05) is 0 Å². The van der Waals surface area contributed by atoms with Crippen molar-refractivity contribution < 1.29 is 0 Å². The summed E-state index contributed by atoms with van der Waals surface area (Å²) < 4.78 is 0. The van der Waals surface area contributed by atoms with Crippen LogP contribution in [0, 0.1) is 0 Å². The fraction of sp³-hybridized carbons (Fsp3) is 0.0769. The molecule has 0 aliphatic heterocycles. The zero-order valence-electron chi connectivity index (χ0n) is 16.3. The lowest BCUT2D eigenvalue weighted by atomic mass is 10.4. The van der Waals surface area contributed by atoms with Gasteiger partial charge in [-0.1, -0.05) is 121 Å². The van der Waals surface area contributed by atoms with E-state index in [1.807, 2.05) is 0 Å². The van der Waals surface area contributed by atoms with E-state index in [0.29, 0.717) is 0 Å². The molecule has 3 heteroatoms. The van der Waals surface area contributed by atoms with Crippen molar-refractivity contribution in [3.8, 4) is 0 Å². The van der Waals surface area contributed by atoms with E-state index in [0.717, 1.165) is 0 Å². The maximum Gasteiger partial charge on any atom is -0.0195 e. The van der Waals surface area contributed by atoms with Gasteiger partial charge in [0.2, 0.25) is 0 Å². The molecule has 0 unspecified atom stereocenters. The van der Waals surface area contributed by atoms with Gasteiger partial charge in [0.25, 0.3) is 0 Å². The van der Waals surface area contributed by atoms with Gasteiger partial charge in [-0.15, -0.1) is 17.0 Å². The first kappa shape index (κ1) is 21.9. The van der Waals surface area contributed by atoms with E-state index in [9.17, 15) is 0 Å². The molecule has 0 bridgehead atoms. The molecule has 0 saturated carbocycles. The Balaban J connectivity index is 0.00000240. The van der Waals surface area contributed by atoms with Gasteiger partial charge in [-0.2, -0.15) is 0 Å². The van der Waals surface area contributed by atoms with E-state index in [2.05, 4.69) is 121 Å². The topological polar surface area (TPSA) is 0 Å². The maximum absolute atomic E-state index is 2.30. The molecule has 0 nitrogen and oxygen atoms in total. The molecule has 0 fully saturated rings. The van der Waals surface area contributed by atoms with Gasteiger partial charge in [-0.3, -0.25) is 0 Å². The first-order chi connectivity index (χ1) is 13.9. The maximum atomic E-state index is 2.30. The normalized spacial score (nSPS) is 10.7. The molecule has 0 saturated heterocycles. The standard InChI is InChI=1S/C26H24P2.BrH/c1-5-13-23(14-6-1)27(24-15-7-2-8-16-24)21-22-28(25-17-9-3-10-18-25)26-19-11-4-12-20-26;/h1-20H,21-22H2;1H. The molecule has 0 N–H and O–H groups in total. The SMILES string of the molecule is Br.c1ccc(P(CCP(c2ccccc2)c2ccccc2)c2ccccc2)cc1. The summed E-state index contributed by atoms with van der Waals surface area (Å²) in [6, 6.07) is 44.2. The van der Waals surface area contributed by atoms with Crippen molar-refractivity contribution in [1.29, 1.82) is 0 Å². The van der Waals surface area contributed by atoms with Crippen molar-refractivity contribution in [2.24, 2.45) is 0 Å². The molecule has 0 aliphatic rings. The van der Waals surface area contributed by atoms with Crippen LogP contribution in [0.15, 0.2) is 121 Å². The minimum absolute atomic E-state index is 0. The third-order valence-electron chi connectivity index (χ3n) is 4.82. The van der Waals surface area contributed by atoms with E-state index in [1.54, 1.807) is 0 Å². The van der Waals surface area contributed by atoms with Gasteiger partial charge >= 0.3 is 0 Å². The zero-order chi connectivity index (χ0) is 19.0. The average Bonchev–Trinajstić information content (AvgIpc) is 2.79. The van der Waals surface area contributed by atoms with Crippen LogP contribution in [0.1, 0.15) is 0 Å². The Kier molecular flexibility index (Phi) is 8.63. The fourth-order valence-corrected chi connectivity index (χ4v) is 8.80. The molecule has 4 aromatic rings. The lowest BCUT2D eigenvalue weighted by Crippen LogP contribution is -2.19. The van der Waals surface area contributed by atoms with Crippen LogP contribution in [-0.2, 0) is 0 Å². The summed E-state index contributed by atoms with van der Waals surface area (Å²) in [6.07, 6.45) is 2.41. The van der Waals surface area contributed by atoms with Crippen LogP contribution in [0.2, 0.25) is 0 Å². The highest BCUT2D eigenvalue weighted by molar-refractivity contribution is 8.93. The lowest BCUT2D eigenvalue weighted by molar-refractivity contribution is 1.51. The quantitative estimate of drug-likeness (QED) is 0.293. The smallest absolute Gasteiger partial charge is 0.0195 e. The monoisotopic (exact) mass is 478 g/mol. The predicted octanol–water partition coefficient (Wildman–Crippen LogP) is 5.83. The fourth-order valence-electron chi connectivity index (χ4n) is 3.45. The summed E-state index contributed by atoms with van der Waals surface area (Å²) in [4.78, 5) is 0. The second-order valence-electron chi connectivity index (χ2n) is 6.65. The highest BCUT2D eigenvalue weighted by Crippen LogP contribution is 2.41. The minimum Gasteiger partial charge on any atom is -0.114 e. The molecule has 0 aromatic heterocycles. The molecule has 0 radical (unpaired) electrons. The molecular weight excluding hydrogens is 454 g/mol. The van der Waals surface area contributed by atoms with Crippen LogP contribution in [0.25, 0.3) is 0 Å². The Hall–Kier alpha value is -1.78. The Morgan fingerprint density at radius 2 is 0.552 bits per heavy atom. The van der Waals surface area contributed by atoms with Crippen molar-refractivity contribution in [2.75, 3.05) is 12.3 Å². The van der Waals surface area contributed by atoms with Crippen molar-refractivity contribution >= 4 is 54.0 Å². The van der Waals surface area contributed by atoms with Crippen LogP contribution < -0.4 is 21.2 Å². The van der Waals surface area contributed by atoms with Gasteiger partial charge in [-0.25, -0.2) is 0 Å². The summed E-state index contributed by atoms with van der Waals surface area (Å²) in [6.45, 7) is 0. The molecule has 4 aromatic carbocycles. The number of benzene rings is 4. The van der Waals surface area contributed by atoms with Gasteiger partial charge in [0.15, 0.2) is 0 Å². The highest BCUT2D eigenvalue weighted by Gasteiger charge is 2.18. The minimum atomic E-state index is -0.348. The van der Waals surface area contributed by atoms with Crippen molar-refractivity contribution in [2.45, 2.75) is 0 Å². The summed E-state index contributed by atoms with van der Waals surface area (Å²) in [5.74, 6) is 0. The number of hydrogen-bond donors (Lipinski definition) is 0. The van der Waals surface area contributed by atoms with Crippen LogP contribution in [0.3, 0.4) is 0 Å². The van der Waals surface area contributed by atoms with Crippen LogP contribution in [0.4, 0.5) is 0 Å². The van der Waals surface area contributed by atoms with E-state index in [1.165, 1.54) is 33.5 Å². The molecule has 0 amide bonds. The third kappa shape index (κ3) is 5.86. The Morgan fingerprint density at radius 1 is 0.345 bits per heavy atom. The Labute approximate surface area is 187 Å². The lowest BCUT2D eigenvalue weighted by Gasteiger charge is -2.24. The second-order valence-corrected chi connectivity index (χ2v) is 11.3. The third-order valence-corrected chi connectivity index (χ3v) is 10.2. The molecule has 0 heterocycles. The summed E-state index contributed by atoms with van der Waals surface area (Å²) in [7, 11) is -0.696. The number of rotatable bonds is 7. The number of hydrogen-bond acceptors (Lipinski definition) is 0. The molecule has 29 heavy (non-hydrogen) atoms. The molecule has 146 valence electrons. The Morgan fingerprint density at radius 3 is 0.759 bits per heavy atom. The predicted molar refractivity (Wildman–Crippen MR) is 138 cm³/mol. The van der Waals surface area contributed by atoms with E-state index >= 15 is 0 Å². The summed E-state index contributed by atoms with van der Waals surface area (Å²) in [5, 5.41) is 5.89. The molecule has 0 atom stereocenters. The van der Waals surface area contributed by atoms with Crippen molar-refractivity contribution in [3.05, 3.63) is 121 Å². The molecule has 0 spiro atoms. The van der Waals surface area contributed by atoms with Gasteiger partial charge in [0.05, 0.1) is 0 Å². The van der Waals surface area contributed by atoms with Crippen LogP contribution in [-0.4, -0.2) is 12.3 Å². The van der Waals surface area contributed by atoms with Crippen molar-refractivity contribution in [3.63, 3.8) is 0 Å². The zero-order valence-corrected chi connectivity index (χ0v) is 19.8. The van der Waals surface area contributed by atoms with Crippen molar-refractivity contribution in [1.82, 2.24) is 0 Å². The number of halogens is 1. The highest BCUT2D eigenvalue weighted by atomic mass is 79.9. The van der Waals surface area contributed by atoms with E-state index in [-0.39, 0.29) is 32.8 Å². The largest absolute Gasteiger partial charge is 0.114 e. The van der Waals surface area contributed by atoms with E-state index in [4.69, 9.17) is 0 Å². The van der Waals surface area contributed by atoms with Gasteiger partial charge in [0.1, 0.15) is 0 Å². The molecular formula is C26H25BrP2. The average molecular weight is 479 g/mol.